The maximum Gasteiger partial charge on any atom is 0.242 e. The van der Waals surface area contributed by atoms with E-state index in [0.29, 0.717) is 35.5 Å². The van der Waals surface area contributed by atoms with Gasteiger partial charge in [-0.05, 0) is 62.0 Å². The summed E-state index contributed by atoms with van der Waals surface area (Å²) in [6.07, 6.45) is 6.88. The van der Waals surface area contributed by atoms with Gasteiger partial charge >= 0.3 is 0 Å². The fourth-order valence-corrected chi connectivity index (χ4v) is 6.90. The molecule has 4 rings (SSSR count). The molecular weight excluding hydrogens is 432 g/mol. The smallest absolute Gasteiger partial charge is 0.242 e. The summed E-state index contributed by atoms with van der Waals surface area (Å²) < 4.78 is 36.6. The van der Waals surface area contributed by atoms with Crippen LogP contribution in [0.4, 0.5) is 0 Å². The summed E-state index contributed by atoms with van der Waals surface area (Å²) in [6, 6.07) is 5.32. The minimum Gasteiger partial charge on any atom is -0.353 e. The van der Waals surface area contributed by atoms with Crippen LogP contribution in [0.5, 0.6) is 0 Å². The highest BCUT2D eigenvalue weighted by Crippen LogP contribution is 2.32. The molecule has 31 heavy (non-hydrogen) atoms. The standard InChI is InChI=1S/C22H32N4O3S2/c1-14-5-3-6-18(15(14)2)24-22(27)17-11-9-16(10-12-17)13-23-31(28,29)20-8-4-7-19-21(20)26-30-25-19/h4,7-8,14-18,23H,3,5-6,9-13H2,1-2H3,(H,24,27)/t14-,15-,16?,17?,18-/m1/s1. The Labute approximate surface area is 188 Å². The van der Waals surface area contributed by atoms with Gasteiger partial charge in [0.1, 0.15) is 15.9 Å². The van der Waals surface area contributed by atoms with Crippen molar-refractivity contribution in [1.82, 2.24) is 18.8 Å². The van der Waals surface area contributed by atoms with Crippen LogP contribution in [-0.4, -0.2) is 35.7 Å². The number of carbonyl (C=O) groups excluding carboxylic acids is 1. The molecule has 170 valence electrons. The SMILES string of the molecule is C[C@@H]1[C@H](C)CCC[C@H]1NC(=O)C1CCC(CNS(=O)(=O)c2cccc3nsnc23)CC1. The maximum absolute atomic E-state index is 12.8. The third-order valence-electron chi connectivity index (χ3n) is 7.35. The molecule has 0 spiro atoms. The number of carbonyl (C=O) groups is 1. The lowest BCUT2D eigenvalue weighted by Gasteiger charge is -2.36. The van der Waals surface area contributed by atoms with Crippen LogP contribution in [0.25, 0.3) is 11.0 Å². The minimum absolute atomic E-state index is 0.0483. The second kappa shape index (κ2) is 9.50. The predicted octanol–water partition coefficient (Wildman–Crippen LogP) is 3.72. The molecule has 3 atom stereocenters. The van der Waals surface area contributed by atoms with Crippen molar-refractivity contribution in [2.24, 2.45) is 23.7 Å². The van der Waals surface area contributed by atoms with E-state index in [-0.39, 0.29) is 22.6 Å². The summed E-state index contributed by atoms with van der Waals surface area (Å²) in [7, 11) is -3.64. The van der Waals surface area contributed by atoms with Gasteiger partial charge in [0, 0.05) is 18.5 Å². The van der Waals surface area contributed by atoms with E-state index >= 15 is 0 Å². The molecule has 0 bridgehead atoms. The molecule has 1 amide bonds. The summed E-state index contributed by atoms with van der Waals surface area (Å²) in [6.45, 7) is 4.92. The quantitative estimate of drug-likeness (QED) is 0.679. The van der Waals surface area contributed by atoms with Crippen molar-refractivity contribution in [3.63, 3.8) is 0 Å². The predicted molar refractivity (Wildman–Crippen MR) is 122 cm³/mol. The number of amides is 1. The Hall–Kier alpha value is -1.58. The molecule has 2 saturated carbocycles. The van der Waals surface area contributed by atoms with E-state index in [9.17, 15) is 13.2 Å². The van der Waals surface area contributed by atoms with Gasteiger partial charge in [0.15, 0.2) is 0 Å². The van der Waals surface area contributed by atoms with Gasteiger partial charge in [0.25, 0.3) is 0 Å². The van der Waals surface area contributed by atoms with Gasteiger partial charge in [-0.3, -0.25) is 4.79 Å². The molecular formula is C22H32N4O3S2. The second-order valence-corrected chi connectivity index (χ2v) is 11.6. The number of hydrogen-bond acceptors (Lipinski definition) is 6. The Bertz CT molecular complexity index is 1010. The number of fused-ring (bicyclic) bond motifs is 1. The number of hydrogen-bond donors (Lipinski definition) is 2. The lowest BCUT2D eigenvalue weighted by molar-refractivity contribution is -0.127. The number of benzene rings is 1. The first-order chi connectivity index (χ1) is 14.8. The van der Waals surface area contributed by atoms with Crippen LogP contribution in [0.15, 0.2) is 23.1 Å². The van der Waals surface area contributed by atoms with Crippen LogP contribution in [-0.2, 0) is 14.8 Å². The Morgan fingerprint density at radius 3 is 2.65 bits per heavy atom. The molecule has 0 aliphatic heterocycles. The van der Waals surface area contributed by atoms with E-state index in [1.165, 1.54) is 12.8 Å². The van der Waals surface area contributed by atoms with Crippen LogP contribution >= 0.6 is 11.7 Å². The van der Waals surface area contributed by atoms with E-state index in [1.807, 2.05) is 0 Å². The third-order valence-corrected chi connectivity index (χ3v) is 9.35. The fraction of sp³-hybridized carbons (Fsp3) is 0.682. The van der Waals surface area contributed by atoms with Crippen molar-refractivity contribution in [1.29, 1.82) is 0 Å². The highest BCUT2D eigenvalue weighted by molar-refractivity contribution is 7.89. The fourth-order valence-electron chi connectivity index (χ4n) is 5.02. The number of nitrogens with one attached hydrogen (secondary N) is 2. The Morgan fingerprint density at radius 1 is 1.10 bits per heavy atom. The molecule has 7 nitrogen and oxygen atoms in total. The number of rotatable bonds is 6. The molecule has 2 aromatic rings. The average Bonchev–Trinajstić information content (AvgIpc) is 3.25. The van der Waals surface area contributed by atoms with Gasteiger partial charge in [0.05, 0.1) is 11.7 Å². The maximum atomic E-state index is 12.8. The molecule has 0 saturated heterocycles. The first-order valence-electron chi connectivity index (χ1n) is 11.4. The van der Waals surface area contributed by atoms with Crippen LogP contribution in [0, 0.1) is 23.7 Å². The van der Waals surface area contributed by atoms with E-state index in [0.717, 1.165) is 43.8 Å². The molecule has 1 heterocycles. The summed E-state index contributed by atoms with van der Waals surface area (Å²) in [4.78, 5) is 13.0. The normalized spacial score (nSPS) is 29.7. The zero-order valence-electron chi connectivity index (χ0n) is 18.2. The minimum atomic E-state index is -3.64. The Kier molecular flexibility index (Phi) is 6.93. The molecule has 1 aromatic heterocycles. The number of nitrogens with zero attached hydrogens (tertiary/aromatic N) is 2. The third kappa shape index (κ3) is 5.09. The van der Waals surface area contributed by atoms with Crippen molar-refractivity contribution < 1.29 is 13.2 Å². The van der Waals surface area contributed by atoms with Gasteiger partial charge < -0.3 is 5.32 Å². The molecule has 2 N–H and O–H groups in total. The van der Waals surface area contributed by atoms with Gasteiger partial charge in [0.2, 0.25) is 15.9 Å². The molecule has 9 heteroatoms. The molecule has 2 fully saturated rings. The summed E-state index contributed by atoms with van der Waals surface area (Å²) in [5.74, 6) is 1.68. The van der Waals surface area contributed by atoms with Gasteiger partial charge in [-0.25, -0.2) is 13.1 Å². The Morgan fingerprint density at radius 2 is 1.87 bits per heavy atom. The first-order valence-corrected chi connectivity index (χ1v) is 13.6. The topological polar surface area (TPSA) is 101 Å². The average molecular weight is 465 g/mol. The molecule has 0 unspecified atom stereocenters. The number of sulfonamides is 1. The van der Waals surface area contributed by atoms with E-state index in [1.54, 1.807) is 18.2 Å². The van der Waals surface area contributed by atoms with Crippen molar-refractivity contribution >= 4 is 38.7 Å². The van der Waals surface area contributed by atoms with Crippen LogP contribution in [0.3, 0.4) is 0 Å². The van der Waals surface area contributed by atoms with E-state index in [2.05, 4.69) is 32.6 Å². The molecule has 0 radical (unpaired) electrons. The van der Waals surface area contributed by atoms with Crippen LogP contribution in [0.1, 0.15) is 58.8 Å². The van der Waals surface area contributed by atoms with Crippen molar-refractivity contribution in [2.75, 3.05) is 6.54 Å². The lowest BCUT2D eigenvalue weighted by Crippen LogP contribution is -2.46. The van der Waals surface area contributed by atoms with Crippen molar-refractivity contribution in [3.05, 3.63) is 18.2 Å². The van der Waals surface area contributed by atoms with Crippen LogP contribution < -0.4 is 10.0 Å². The molecule has 1 aromatic carbocycles. The Balaban J connectivity index is 1.27. The summed E-state index contributed by atoms with van der Waals surface area (Å²) in [5, 5.41) is 3.31. The summed E-state index contributed by atoms with van der Waals surface area (Å²) in [5.41, 5.74) is 1.02. The highest BCUT2D eigenvalue weighted by atomic mass is 32.2. The van der Waals surface area contributed by atoms with E-state index < -0.39 is 10.0 Å². The molecule has 2 aliphatic rings. The van der Waals surface area contributed by atoms with Gasteiger partial charge in [-0.1, -0.05) is 32.8 Å². The van der Waals surface area contributed by atoms with Crippen molar-refractivity contribution in [2.45, 2.75) is 69.7 Å². The van der Waals surface area contributed by atoms with Gasteiger partial charge in [-0.15, -0.1) is 0 Å². The largest absolute Gasteiger partial charge is 0.353 e. The first kappa shape index (κ1) is 22.6. The lowest BCUT2D eigenvalue weighted by atomic mass is 9.77. The highest BCUT2D eigenvalue weighted by Gasteiger charge is 2.32. The van der Waals surface area contributed by atoms with Crippen molar-refractivity contribution in [3.8, 4) is 0 Å². The zero-order valence-corrected chi connectivity index (χ0v) is 19.8. The van der Waals surface area contributed by atoms with E-state index in [4.69, 9.17) is 0 Å². The second-order valence-electron chi connectivity index (χ2n) is 9.34. The monoisotopic (exact) mass is 464 g/mol. The van der Waals surface area contributed by atoms with Crippen LogP contribution in [0.2, 0.25) is 0 Å². The molecule has 2 aliphatic carbocycles. The van der Waals surface area contributed by atoms with Gasteiger partial charge in [-0.2, -0.15) is 8.75 Å². The summed E-state index contributed by atoms with van der Waals surface area (Å²) >= 11 is 1.01. The number of aromatic nitrogens is 2. The zero-order chi connectivity index (χ0) is 22.0.